The Labute approximate surface area is 150 Å². The topological polar surface area (TPSA) is 12.9 Å². The fraction of sp³-hybridized carbons (Fsp3) is 0. The van der Waals surface area contributed by atoms with E-state index in [1.807, 2.05) is 12.1 Å². The molecule has 2 heteroatoms. The number of pyridine rings is 1. The predicted molar refractivity (Wildman–Crippen MR) is 107 cm³/mol. The van der Waals surface area contributed by atoms with E-state index in [0.717, 1.165) is 16.5 Å². The molecule has 0 radical (unpaired) electrons. The molecule has 0 spiro atoms. The minimum Gasteiger partial charge on any atom is -0.236 e. The molecule has 0 bridgehead atoms. The molecule has 25 heavy (non-hydrogen) atoms. The van der Waals surface area contributed by atoms with Crippen molar-refractivity contribution in [2.24, 2.45) is 0 Å². The normalized spacial score (nSPS) is 11.4. The summed E-state index contributed by atoms with van der Waals surface area (Å²) in [6.07, 6.45) is 0. The first-order valence-corrected chi connectivity index (χ1v) is 8.64. The summed E-state index contributed by atoms with van der Waals surface area (Å²) in [6, 6.07) is 29.6. The first kappa shape index (κ1) is 14.4. The molecule has 0 aliphatic rings. The van der Waals surface area contributed by atoms with E-state index < -0.39 is 0 Å². The Morgan fingerprint density at radius 1 is 0.600 bits per heavy atom. The monoisotopic (exact) mass is 339 g/mol. The number of nitrogens with zero attached hydrogens (tertiary/aromatic N) is 1. The van der Waals surface area contributed by atoms with E-state index in [2.05, 4.69) is 77.8 Å². The van der Waals surface area contributed by atoms with Gasteiger partial charge in [0.2, 0.25) is 0 Å². The molecule has 0 atom stereocenters. The van der Waals surface area contributed by atoms with Crippen molar-refractivity contribution in [3.8, 4) is 11.1 Å². The molecular weight excluding hydrogens is 326 g/mol. The molecule has 0 aliphatic heterocycles. The number of aromatic nitrogens is 1. The lowest BCUT2D eigenvalue weighted by atomic mass is 9.93. The van der Waals surface area contributed by atoms with Gasteiger partial charge in [0.05, 0.1) is 5.52 Å². The quantitative estimate of drug-likeness (QED) is 0.240. The van der Waals surface area contributed by atoms with Crippen molar-refractivity contribution in [2.45, 2.75) is 0 Å². The summed E-state index contributed by atoms with van der Waals surface area (Å²) >= 11 is 6.08. The van der Waals surface area contributed by atoms with Gasteiger partial charge < -0.3 is 0 Å². The third-order valence-corrected chi connectivity index (χ3v) is 4.95. The summed E-state index contributed by atoms with van der Waals surface area (Å²) < 4.78 is 0. The number of halogens is 1. The van der Waals surface area contributed by atoms with Crippen LogP contribution in [0.1, 0.15) is 0 Å². The van der Waals surface area contributed by atoms with Gasteiger partial charge in [0.15, 0.2) is 0 Å². The second-order valence-electron chi connectivity index (χ2n) is 6.23. The minimum absolute atomic E-state index is 0.521. The van der Waals surface area contributed by atoms with Crippen LogP contribution in [0.4, 0.5) is 0 Å². The first-order chi connectivity index (χ1) is 12.3. The van der Waals surface area contributed by atoms with Gasteiger partial charge in [-0.1, -0.05) is 72.3 Å². The largest absolute Gasteiger partial charge is 0.236 e. The van der Waals surface area contributed by atoms with E-state index in [4.69, 9.17) is 11.6 Å². The molecule has 0 saturated carbocycles. The standard InChI is InChI=1S/C23H14ClN/c24-23-12-11-15-9-10-17(14-22(15)25-23)21-13-16-5-1-2-6-18(16)19-7-3-4-8-20(19)21/h1-14H. The summed E-state index contributed by atoms with van der Waals surface area (Å²) in [5.74, 6) is 0. The smallest absolute Gasteiger partial charge is 0.129 e. The lowest BCUT2D eigenvalue weighted by molar-refractivity contribution is 1.41. The molecule has 0 amide bonds. The second-order valence-corrected chi connectivity index (χ2v) is 6.62. The van der Waals surface area contributed by atoms with Gasteiger partial charge in [-0.25, -0.2) is 4.98 Å². The van der Waals surface area contributed by atoms with Crippen molar-refractivity contribution in [1.82, 2.24) is 4.98 Å². The van der Waals surface area contributed by atoms with Crippen molar-refractivity contribution in [3.63, 3.8) is 0 Å². The van der Waals surface area contributed by atoms with Gasteiger partial charge >= 0.3 is 0 Å². The summed E-state index contributed by atoms with van der Waals surface area (Å²) in [5.41, 5.74) is 3.30. The molecule has 5 aromatic rings. The third kappa shape index (κ3) is 2.36. The Morgan fingerprint density at radius 3 is 2.20 bits per heavy atom. The Hall–Kier alpha value is -2.90. The number of hydrogen-bond acceptors (Lipinski definition) is 1. The van der Waals surface area contributed by atoms with Crippen LogP contribution in [-0.2, 0) is 0 Å². The lowest BCUT2D eigenvalue weighted by Gasteiger charge is -2.11. The molecule has 1 aromatic heterocycles. The van der Waals surface area contributed by atoms with Gasteiger partial charge in [-0.15, -0.1) is 0 Å². The Morgan fingerprint density at radius 2 is 1.32 bits per heavy atom. The van der Waals surface area contributed by atoms with Crippen molar-refractivity contribution in [3.05, 3.63) is 90.1 Å². The Bertz CT molecular complexity index is 1260. The molecule has 4 aromatic carbocycles. The van der Waals surface area contributed by atoms with Gasteiger partial charge in [-0.3, -0.25) is 0 Å². The predicted octanol–water partition coefficient (Wildman–Crippen LogP) is 6.86. The number of rotatable bonds is 1. The zero-order chi connectivity index (χ0) is 16.8. The highest BCUT2D eigenvalue weighted by Gasteiger charge is 2.09. The summed E-state index contributed by atoms with van der Waals surface area (Å²) in [7, 11) is 0. The molecular formula is C23H14ClN. The van der Waals surface area contributed by atoms with Crippen LogP contribution in [0.3, 0.4) is 0 Å². The van der Waals surface area contributed by atoms with Crippen LogP contribution in [0, 0.1) is 0 Å². The van der Waals surface area contributed by atoms with Crippen LogP contribution in [0.15, 0.2) is 84.9 Å². The van der Waals surface area contributed by atoms with Crippen LogP contribution in [0.2, 0.25) is 5.15 Å². The third-order valence-electron chi connectivity index (χ3n) is 4.74. The molecule has 0 saturated heterocycles. The maximum Gasteiger partial charge on any atom is 0.129 e. The number of benzene rings is 4. The van der Waals surface area contributed by atoms with Crippen molar-refractivity contribution < 1.29 is 0 Å². The summed E-state index contributed by atoms with van der Waals surface area (Å²) in [6.45, 7) is 0. The number of fused-ring (bicyclic) bond motifs is 4. The molecule has 0 unspecified atom stereocenters. The average molecular weight is 340 g/mol. The summed E-state index contributed by atoms with van der Waals surface area (Å²) in [5, 5.41) is 6.67. The maximum absolute atomic E-state index is 6.08. The fourth-order valence-corrected chi connectivity index (χ4v) is 3.71. The van der Waals surface area contributed by atoms with Crippen molar-refractivity contribution in [2.75, 3.05) is 0 Å². The summed E-state index contributed by atoms with van der Waals surface area (Å²) in [4.78, 5) is 4.47. The van der Waals surface area contributed by atoms with Crippen LogP contribution in [0.25, 0.3) is 43.6 Å². The fourth-order valence-electron chi connectivity index (χ4n) is 3.55. The Balaban J connectivity index is 1.87. The zero-order valence-corrected chi connectivity index (χ0v) is 14.2. The highest BCUT2D eigenvalue weighted by atomic mass is 35.5. The van der Waals surface area contributed by atoms with E-state index >= 15 is 0 Å². The van der Waals surface area contributed by atoms with Gasteiger partial charge in [0.1, 0.15) is 5.15 Å². The molecule has 0 aliphatic carbocycles. The highest BCUT2D eigenvalue weighted by Crippen LogP contribution is 2.35. The van der Waals surface area contributed by atoms with Crippen LogP contribution < -0.4 is 0 Å². The molecule has 0 fully saturated rings. The minimum atomic E-state index is 0.521. The van der Waals surface area contributed by atoms with E-state index in [1.165, 1.54) is 27.1 Å². The second kappa shape index (κ2) is 5.58. The lowest BCUT2D eigenvalue weighted by Crippen LogP contribution is -1.86. The number of hydrogen-bond donors (Lipinski definition) is 0. The van der Waals surface area contributed by atoms with Crippen LogP contribution in [-0.4, -0.2) is 4.98 Å². The van der Waals surface area contributed by atoms with Gasteiger partial charge in [0, 0.05) is 5.39 Å². The molecule has 1 nitrogen and oxygen atoms in total. The van der Waals surface area contributed by atoms with Crippen LogP contribution >= 0.6 is 11.6 Å². The van der Waals surface area contributed by atoms with E-state index in [0.29, 0.717) is 5.15 Å². The average Bonchev–Trinajstić information content (AvgIpc) is 2.67. The van der Waals surface area contributed by atoms with Gasteiger partial charge in [-0.2, -0.15) is 0 Å². The van der Waals surface area contributed by atoms with Crippen molar-refractivity contribution in [1.29, 1.82) is 0 Å². The first-order valence-electron chi connectivity index (χ1n) is 8.27. The Kier molecular flexibility index (Phi) is 3.22. The highest BCUT2D eigenvalue weighted by molar-refractivity contribution is 6.29. The van der Waals surface area contributed by atoms with Gasteiger partial charge in [-0.05, 0) is 56.9 Å². The molecule has 5 rings (SSSR count). The SMILES string of the molecule is Clc1ccc2ccc(-c3cc4ccccc4c4ccccc34)cc2n1. The van der Waals surface area contributed by atoms with Crippen LogP contribution in [0.5, 0.6) is 0 Å². The van der Waals surface area contributed by atoms with E-state index in [-0.39, 0.29) is 0 Å². The van der Waals surface area contributed by atoms with E-state index in [9.17, 15) is 0 Å². The maximum atomic E-state index is 6.08. The van der Waals surface area contributed by atoms with E-state index in [1.54, 1.807) is 0 Å². The van der Waals surface area contributed by atoms with Gasteiger partial charge in [0.25, 0.3) is 0 Å². The molecule has 1 heterocycles. The molecule has 118 valence electrons. The zero-order valence-electron chi connectivity index (χ0n) is 13.4. The van der Waals surface area contributed by atoms with Crippen molar-refractivity contribution >= 4 is 44.0 Å². The molecule has 0 N–H and O–H groups in total.